The molecule has 0 amide bonds. The molecule has 1 aliphatic rings. The molecule has 8 nitrogen and oxygen atoms in total. The van der Waals surface area contributed by atoms with E-state index in [0.717, 1.165) is 37.1 Å². The largest absolute Gasteiger partial charge is 0.370 e. The zero-order chi connectivity index (χ0) is 22.4. The van der Waals surface area contributed by atoms with Crippen molar-refractivity contribution in [2.24, 2.45) is 4.99 Å². The number of halogens is 2. The summed E-state index contributed by atoms with van der Waals surface area (Å²) in [4.78, 5) is 37.3. The molecule has 3 heterocycles. The molecule has 10 heteroatoms. The molecule has 0 spiro atoms. The van der Waals surface area contributed by atoms with Gasteiger partial charge in [0, 0.05) is 30.0 Å². The first kappa shape index (κ1) is 20.7. The zero-order valence-electron chi connectivity index (χ0n) is 17.2. The van der Waals surface area contributed by atoms with E-state index in [2.05, 4.69) is 25.0 Å². The number of anilines is 1. The highest BCUT2D eigenvalue weighted by Gasteiger charge is 2.18. The molecule has 0 saturated carbocycles. The van der Waals surface area contributed by atoms with Gasteiger partial charge in [0.2, 0.25) is 0 Å². The van der Waals surface area contributed by atoms with Crippen LogP contribution >= 0.6 is 23.2 Å². The van der Waals surface area contributed by atoms with Crippen LogP contribution in [0.4, 0.5) is 11.4 Å². The Kier molecular flexibility index (Phi) is 5.19. The Morgan fingerprint density at radius 3 is 2.47 bits per heavy atom. The summed E-state index contributed by atoms with van der Waals surface area (Å²) in [5.74, 6) is 0. The van der Waals surface area contributed by atoms with E-state index in [4.69, 9.17) is 23.2 Å². The molecule has 0 atom stereocenters. The summed E-state index contributed by atoms with van der Waals surface area (Å²) in [6, 6.07) is 8.69. The number of aromatic nitrogens is 4. The van der Waals surface area contributed by atoms with Crippen LogP contribution in [-0.4, -0.2) is 39.1 Å². The molecular formula is C22H20Cl2N6O2. The summed E-state index contributed by atoms with van der Waals surface area (Å²) in [7, 11) is 0. The molecule has 1 saturated heterocycles. The van der Waals surface area contributed by atoms with E-state index in [9.17, 15) is 9.59 Å². The molecule has 164 valence electrons. The number of rotatable bonds is 4. The fraction of sp³-hybridized carbons (Fsp3) is 0.227. The first-order chi connectivity index (χ1) is 15.4. The van der Waals surface area contributed by atoms with Crippen LogP contribution in [0.15, 0.2) is 44.9 Å². The third kappa shape index (κ3) is 3.65. The van der Waals surface area contributed by atoms with Gasteiger partial charge >= 0.3 is 5.69 Å². The Balaban J connectivity index is 1.59. The van der Waals surface area contributed by atoms with Crippen LogP contribution in [-0.2, 0) is 0 Å². The average molecular weight is 471 g/mol. The number of benzene rings is 2. The molecule has 0 radical (unpaired) electrons. The molecule has 32 heavy (non-hydrogen) atoms. The first-order valence-corrected chi connectivity index (χ1v) is 11.0. The predicted molar refractivity (Wildman–Crippen MR) is 129 cm³/mol. The third-order valence-corrected chi connectivity index (χ3v) is 6.21. The van der Waals surface area contributed by atoms with Crippen molar-refractivity contribution in [3.63, 3.8) is 0 Å². The number of fused-ring (bicyclic) bond motifs is 1. The van der Waals surface area contributed by atoms with E-state index in [0.29, 0.717) is 38.2 Å². The number of nitrogens with zero attached hydrogens (tertiary/aromatic N) is 3. The van der Waals surface area contributed by atoms with Gasteiger partial charge in [0.1, 0.15) is 0 Å². The number of nitrogens with one attached hydrogen (secondary N) is 3. The minimum Gasteiger partial charge on any atom is -0.370 e. The number of hydrogen-bond donors (Lipinski definition) is 3. The lowest BCUT2D eigenvalue weighted by atomic mass is 10.2. The number of aryl methyl sites for hydroxylation is 1. The van der Waals surface area contributed by atoms with Crippen molar-refractivity contribution < 1.29 is 0 Å². The van der Waals surface area contributed by atoms with E-state index in [1.165, 1.54) is 4.68 Å². The van der Waals surface area contributed by atoms with E-state index in [1.54, 1.807) is 31.3 Å². The summed E-state index contributed by atoms with van der Waals surface area (Å²) in [5, 5.41) is 3.92. The Hall–Kier alpha value is -3.23. The quantitative estimate of drug-likeness (QED) is 0.387. The van der Waals surface area contributed by atoms with Crippen molar-refractivity contribution in [3.05, 3.63) is 72.5 Å². The SMILES string of the molecule is Cc1[nH]n(-c2cc(Cl)ccc2Cl)c(=O)c1C=Nc1cc2[nH]c(=O)[nH]c2cc1N1CCCC1. The summed E-state index contributed by atoms with van der Waals surface area (Å²) >= 11 is 12.4. The van der Waals surface area contributed by atoms with E-state index in [1.807, 2.05) is 12.1 Å². The lowest BCUT2D eigenvalue weighted by molar-refractivity contribution is 0.835. The van der Waals surface area contributed by atoms with Crippen molar-refractivity contribution in [3.8, 4) is 5.69 Å². The summed E-state index contributed by atoms with van der Waals surface area (Å²) in [5.41, 5.74) is 3.98. The van der Waals surface area contributed by atoms with Crippen LogP contribution in [0.2, 0.25) is 10.0 Å². The highest BCUT2D eigenvalue weighted by molar-refractivity contribution is 6.34. The molecule has 1 aliphatic heterocycles. The smallest absolute Gasteiger partial charge is 0.323 e. The van der Waals surface area contributed by atoms with Gasteiger partial charge in [0.25, 0.3) is 5.56 Å². The van der Waals surface area contributed by atoms with Gasteiger partial charge in [-0.05, 0) is 50.1 Å². The van der Waals surface area contributed by atoms with Crippen LogP contribution in [0, 0.1) is 6.92 Å². The number of imidazole rings is 1. The second-order valence-corrected chi connectivity index (χ2v) is 8.65. The fourth-order valence-electron chi connectivity index (χ4n) is 4.05. The van der Waals surface area contributed by atoms with E-state index < -0.39 is 0 Å². The third-order valence-electron chi connectivity index (χ3n) is 5.66. The second-order valence-electron chi connectivity index (χ2n) is 7.80. The van der Waals surface area contributed by atoms with Gasteiger partial charge in [0.15, 0.2) is 0 Å². The van der Waals surface area contributed by atoms with Crippen molar-refractivity contribution in [2.75, 3.05) is 18.0 Å². The molecular weight excluding hydrogens is 451 g/mol. The maximum absolute atomic E-state index is 13.1. The predicted octanol–water partition coefficient (Wildman–Crippen LogP) is 4.30. The summed E-state index contributed by atoms with van der Waals surface area (Å²) in [6.45, 7) is 3.64. The molecule has 3 N–H and O–H groups in total. The van der Waals surface area contributed by atoms with Crippen molar-refractivity contribution in [1.29, 1.82) is 0 Å². The summed E-state index contributed by atoms with van der Waals surface area (Å²) in [6.07, 6.45) is 3.76. The van der Waals surface area contributed by atoms with Crippen LogP contribution in [0.5, 0.6) is 0 Å². The number of hydrogen-bond acceptors (Lipinski definition) is 4. The van der Waals surface area contributed by atoms with Gasteiger partial charge in [-0.1, -0.05) is 23.2 Å². The highest BCUT2D eigenvalue weighted by atomic mass is 35.5. The normalized spacial score (nSPS) is 14.3. The fourth-order valence-corrected chi connectivity index (χ4v) is 4.42. The van der Waals surface area contributed by atoms with Gasteiger partial charge in [-0.2, -0.15) is 0 Å². The molecule has 2 aromatic heterocycles. The second kappa shape index (κ2) is 8.03. The first-order valence-electron chi connectivity index (χ1n) is 10.2. The van der Waals surface area contributed by atoms with Gasteiger partial charge < -0.3 is 14.9 Å². The lowest BCUT2D eigenvalue weighted by Crippen LogP contribution is -2.18. The lowest BCUT2D eigenvalue weighted by Gasteiger charge is -2.19. The van der Waals surface area contributed by atoms with Crippen molar-refractivity contribution in [2.45, 2.75) is 19.8 Å². The molecule has 0 bridgehead atoms. The minimum absolute atomic E-state index is 0.267. The maximum Gasteiger partial charge on any atom is 0.323 e. The topological polar surface area (TPSA) is 102 Å². The van der Waals surface area contributed by atoms with Gasteiger partial charge in [-0.15, -0.1) is 0 Å². The van der Waals surface area contributed by atoms with E-state index >= 15 is 0 Å². The van der Waals surface area contributed by atoms with Gasteiger partial charge in [-0.25, -0.2) is 9.48 Å². The molecule has 2 aromatic carbocycles. The Morgan fingerprint density at radius 2 is 1.72 bits per heavy atom. The molecule has 0 unspecified atom stereocenters. The Morgan fingerprint density at radius 1 is 1.00 bits per heavy atom. The van der Waals surface area contributed by atoms with Crippen LogP contribution < -0.4 is 16.1 Å². The summed E-state index contributed by atoms with van der Waals surface area (Å²) < 4.78 is 1.36. The van der Waals surface area contributed by atoms with Crippen molar-refractivity contribution >= 4 is 51.8 Å². The monoisotopic (exact) mass is 470 g/mol. The molecule has 4 aromatic rings. The Bertz CT molecular complexity index is 1470. The standard InChI is InChI=1S/C22H20Cl2N6O2/c1-12-14(21(31)30(28-12)19-8-13(23)4-5-15(19)24)11-25-18-9-16-17(27-22(32)26-16)10-20(18)29-6-2-3-7-29/h4-5,8-11,28H,2-3,6-7H2,1H3,(H2,26,27,32). The highest BCUT2D eigenvalue weighted by Crippen LogP contribution is 2.34. The van der Waals surface area contributed by atoms with Gasteiger partial charge in [0.05, 0.1) is 38.7 Å². The zero-order valence-corrected chi connectivity index (χ0v) is 18.7. The number of H-pyrrole nitrogens is 3. The molecule has 0 aliphatic carbocycles. The maximum atomic E-state index is 13.1. The van der Waals surface area contributed by atoms with Crippen LogP contribution in [0.25, 0.3) is 16.7 Å². The van der Waals surface area contributed by atoms with Gasteiger partial charge in [-0.3, -0.25) is 14.9 Å². The average Bonchev–Trinajstić information content (AvgIpc) is 3.47. The van der Waals surface area contributed by atoms with Crippen LogP contribution in [0.3, 0.4) is 0 Å². The minimum atomic E-state index is -0.283. The van der Waals surface area contributed by atoms with E-state index in [-0.39, 0.29) is 11.2 Å². The molecule has 1 fully saturated rings. The molecule has 5 rings (SSSR count). The number of aromatic amines is 3. The van der Waals surface area contributed by atoms with Crippen molar-refractivity contribution in [1.82, 2.24) is 19.7 Å². The van der Waals surface area contributed by atoms with Crippen LogP contribution in [0.1, 0.15) is 24.1 Å². The Labute approximate surface area is 192 Å². The number of aliphatic imine (C=N–C) groups is 1.